The van der Waals surface area contributed by atoms with Crippen LogP contribution >= 0.6 is 46.3 Å². The first kappa shape index (κ1) is 12.0. The Morgan fingerprint density at radius 2 is 1.75 bits per heavy atom. The van der Waals surface area contributed by atoms with E-state index in [2.05, 4.69) is 0 Å². The third-order valence-corrected chi connectivity index (χ3v) is 4.10. The standard InChI is InChI=1S/C10H6Cl3NOS/c11-7-3-1-6(2-4-7)5-14-10(15)8(12)9(13)16-14/h1-4H,5H2. The number of rotatable bonds is 2. The van der Waals surface area contributed by atoms with Crippen LogP contribution in [0.5, 0.6) is 0 Å². The Morgan fingerprint density at radius 1 is 1.12 bits per heavy atom. The van der Waals surface area contributed by atoms with Crippen LogP contribution in [0.3, 0.4) is 0 Å². The molecule has 0 spiro atoms. The number of hydrogen-bond donors (Lipinski definition) is 0. The van der Waals surface area contributed by atoms with Gasteiger partial charge in [0.15, 0.2) is 0 Å². The summed E-state index contributed by atoms with van der Waals surface area (Å²) in [7, 11) is 0. The van der Waals surface area contributed by atoms with Gasteiger partial charge in [-0.1, -0.05) is 46.9 Å². The summed E-state index contributed by atoms with van der Waals surface area (Å²) in [6.07, 6.45) is 0. The molecule has 0 saturated heterocycles. The van der Waals surface area contributed by atoms with Gasteiger partial charge in [-0.25, -0.2) is 0 Å². The Morgan fingerprint density at radius 3 is 2.25 bits per heavy atom. The minimum absolute atomic E-state index is 0.0839. The van der Waals surface area contributed by atoms with Crippen LogP contribution in [0.1, 0.15) is 5.56 Å². The molecule has 2 aromatic rings. The maximum atomic E-state index is 11.6. The molecule has 0 N–H and O–H groups in total. The van der Waals surface area contributed by atoms with Crippen LogP contribution in [-0.4, -0.2) is 3.96 Å². The van der Waals surface area contributed by atoms with Gasteiger partial charge < -0.3 is 0 Å². The molecule has 1 aromatic heterocycles. The molecule has 16 heavy (non-hydrogen) atoms. The topological polar surface area (TPSA) is 22.0 Å². The maximum absolute atomic E-state index is 11.6. The highest BCUT2D eigenvalue weighted by molar-refractivity contribution is 7.11. The summed E-state index contributed by atoms with van der Waals surface area (Å²) < 4.78 is 1.83. The van der Waals surface area contributed by atoms with E-state index in [1.807, 2.05) is 12.1 Å². The zero-order chi connectivity index (χ0) is 11.7. The van der Waals surface area contributed by atoms with Crippen molar-refractivity contribution in [2.24, 2.45) is 0 Å². The number of benzene rings is 1. The molecule has 0 unspecified atom stereocenters. The van der Waals surface area contributed by atoms with Gasteiger partial charge in [0, 0.05) is 5.02 Å². The van der Waals surface area contributed by atoms with Gasteiger partial charge >= 0.3 is 0 Å². The SMILES string of the molecule is O=c1c(Cl)c(Cl)sn1Cc1ccc(Cl)cc1. The average molecular weight is 295 g/mol. The van der Waals surface area contributed by atoms with Gasteiger partial charge in [0.05, 0.1) is 6.54 Å². The normalized spacial score (nSPS) is 10.7. The Balaban J connectivity index is 2.30. The monoisotopic (exact) mass is 293 g/mol. The van der Waals surface area contributed by atoms with E-state index in [1.54, 1.807) is 12.1 Å². The van der Waals surface area contributed by atoms with E-state index in [9.17, 15) is 4.79 Å². The third-order valence-electron chi connectivity index (χ3n) is 2.02. The second kappa shape index (κ2) is 4.80. The molecule has 0 radical (unpaired) electrons. The quantitative estimate of drug-likeness (QED) is 0.823. The number of aromatic nitrogens is 1. The summed E-state index contributed by atoms with van der Waals surface area (Å²) in [4.78, 5) is 11.6. The zero-order valence-electron chi connectivity index (χ0n) is 7.91. The Hall–Kier alpha value is -0.480. The smallest absolute Gasteiger partial charge is 0.267 e. The van der Waals surface area contributed by atoms with Crippen LogP contribution in [0.4, 0.5) is 0 Å². The van der Waals surface area contributed by atoms with Crippen LogP contribution in [0, 0.1) is 0 Å². The predicted molar refractivity (Wildman–Crippen MR) is 69.2 cm³/mol. The summed E-state index contributed by atoms with van der Waals surface area (Å²) in [6, 6.07) is 7.27. The van der Waals surface area contributed by atoms with Gasteiger partial charge in [-0.15, -0.1) is 0 Å². The van der Waals surface area contributed by atoms with Crippen LogP contribution < -0.4 is 5.56 Å². The molecule has 0 bridgehead atoms. The van der Waals surface area contributed by atoms with Crippen molar-refractivity contribution in [1.82, 2.24) is 3.96 Å². The van der Waals surface area contributed by atoms with Crippen LogP contribution in [-0.2, 0) is 6.54 Å². The Labute approximate surface area is 111 Å². The van der Waals surface area contributed by atoms with Gasteiger partial charge in [-0.05, 0) is 29.2 Å². The van der Waals surface area contributed by atoms with E-state index < -0.39 is 0 Å². The Kier molecular flexibility index (Phi) is 3.60. The minimum Gasteiger partial charge on any atom is -0.267 e. The van der Waals surface area contributed by atoms with Crippen molar-refractivity contribution in [3.05, 3.63) is 54.6 Å². The van der Waals surface area contributed by atoms with Crippen molar-refractivity contribution >= 4 is 46.3 Å². The van der Waals surface area contributed by atoms with Crippen LogP contribution in [0.25, 0.3) is 0 Å². The molecule has 0 saturated carbocycles. The fourth-order valence-corrected chi connectivity index (χ4v) is 2.69. The van der Waals surface area contributed by atoms with Crippen molar-refractivity contribution in [3.63, 3.8) is 0 Å². The van der Waals surface area contributed by atoms with E-state index in [1.165, 1.54) is 3.96 Å². The van der Waals surface area contributed by atoms with Crippen molar-refractivity contribution < 1.29 is 0 Å². The van der Waals surface area contributed by atoms with E-state index in [0.29, 0.717) is 15.9 Å². The van der Waals surface area contributed by atoms with Gasteiger partial charge in [-0.3, -0.25) is 8.75 Å². The molecule has 0 amide bonds. The molecule has 2 rings (SSSR count). The lowest BCUT2D eigenvalue weighted by atomic mass is 10.2. The molecule has 84 valence electrons. The number of hydrogen-bond acceptors (Lipinski definition) is 2. The predicted octanol–water partition coefficient (Wildman–Crippen LogP) is 3.92. The fourth-order valence-electron chi connectivity index (χ4n) is 1.23. The van der Waals surface area contributed by atoms with E-state index in [-0.39, 0.29) is 10.6 Å². The zero-order valence-corrected chi connectivity index (χ0v) is 11.0. The average Bonchev–Trinajstić information content (AvgIpc) is 2.50. The molecular weight excluding hydrogens is 289 g/mol. The molecule has 1 aromatic carbocycles. The molecule has 0 aliphatic heterocycles. The first-order chi connectivity index (χ1) is 7.58. The highest BCUT2D eigenvalue weighted by atomic mass is 35.5. The summed E-state index contributed by atoms with van der Waals surface area (Å²) in [6.45, 7) is 0.451. The minimum atomic E-state index is -0.258. The summed E-state index contributed by atoms with van der Waals surface area (Å²) >= 11 is 18.4. The largest absolute Gasteiger partial charge is 0.281 e. The van der Waals surface area contributed by atoms with Crippen LogP contribution in [0.15, 0.2) is 29.1 Å². The molecule has 1 heterocycles. The van der Waals surface area contributed by atoms with Crippen molar-refractivity contribution in [2.45, 2.75) is 6.54 Å². The summed E-state index contributed by atoms with van der Waals surface area (Å²) in [5.74, 6) is 0. The first-order valence-corrected chi connectivity index (χ1v) is 6.28. The Bertz CT molecular complexity index is 558. The molecule has 0 aliphatic rings. The second-order valence-electron chi connectivity index (χ2n) is 3.15. The molecule has 0 aliphatic carbocycles. The van der Waals surface area contributed by atoms with E-state index in [4.69, 9.17) is 34.8 Å². The summed E-state index contributed by atoms with van der Waals surface area (Å²) in [5, 5.41) is 0.749. The van der Waals surface area contributed by atoms with Crippen molar-refractivity contribution in [1.29, 1.82) is 0 Å². The molecule has 6 heteroatoms. The van der Waals surface area contributed by atoms with Gasteiger partial charge in [0.1, 0.15) is 9.36 Å². The number of halogens is 3. The van der Waals surface area contributed by atoms with Gasteiger partial charge in [-0.2, -0.15) is 0 Å². The van der Waals surface area contributed by atoms with E-state index in [0.717, 1.165) is 17.1 Å². The molecule has 0 fully saturated rings. The lowest BCUT2D eigenvalue weighted by Gasteiger charge is -2.00. The van der Waals surface area contributed by atoms with Crippen molar-refractivity contribution in [2.75, 3.05) is 0 Å². The van der Waals surface area contributed by atoms with Crippen LogP contribution in [0.2, 0.25) is 14.4 Å². The first-order valence-electron chi connectivity index (χ1n) is 4.37. The second-order valence-corrected chi connectivity index (χ2v) is 5.60. The van der Waals surface area contributed by atoms with Gasteiger partial charge in [0.2, 0.25) is 0 Å². The molecule has 2 nitrogen and oxygen atoms in total. The molecule has 0 atom stereocenters. The fraction of sp³-hybridized carbons (Fsp3) is 0.100. The van der Waals surface area contributed by atoms with Crippen molar-refractivity contribution in [3.8, 4) is 0 Å². The van der Waals surface area contributed by atoms with Gasteiger partial charge in [0.25, 0.3) is 5.56 Å². The highest BCUT2D eigenvalue weighted by Crippen LogP contribution is 2.24. The molecular formula is C10H6Cl3NOS. The maximum Gasteiger partial charge on any atom is 0.281 e. The lowest BCUT2D eigenvalue weighted by Crippen LogP contribution is -2.13. The van der Waals surface area contributed by atoms with E-state index >= 15 is 0 Å². The highest BCUT2D eigenvalue weighted by Gasteiger charge is 2.10. The lowest BCUT2D eigenvalue weighted by molar-refractivity contribution is 0.849. The third kappa shape index (κ3) is 2.43. The number of nitrogens with zero attached hydrogens (tertiary/aromatic N) is 1. The summed E-state index contributed by atoms with van der Waals surface area (Å²) in [5.41, 5.74) is 0.715.